The first kappa shape index (κ1) is 14.7. The summed E-state index contributed by atoms with van der Waals surface area (Å²) in [5, 5.41) is 12.2. The summed E-state index contributed by atoms with van der Waals surface area (Å²) in [6.45, 7) is 0.514. The number of ether oxygens (including phenoxy) is 2. The number of hydrogen-bond acceptors (Lipinski definition) is 6. The minimum absolute atomic E-state index is 0.102. The highest BCUT2D eigenvalue weighted by Gasteiger charge is 2.16. The Hall–Kier alpha value is -3.21. The van der Waals surface area contributed by atoms with Crippen LogP contribution in [0, 0.1) is 11.3 Å². The average Bonchev–Trinajstić information content (AvgIpc) is 3.02. The molecule has 1 aliphatic rings. The van der Waals surface area contributed by atoms with Gasteiger partial charge < -0.3 is 14.8 Å². The maximum absolute atomic E-state index is 12.0. The Morgan fingerprint density at radius 1 is 1.22 bits per heavy atom. The zero-order chi connectivity index (χ0) is 16.6. The van der Waals surface area contributed by atoms with Gasteiger partial charge in [-0.1, -0.05) is 6.07 Å². The van der Waals surface area contributed by atoms with Crippen LogP contribution < -0.4 is 26.0 Å². The van der Waals surface area contributed by atoms with Crippen LogP contribution in [-0.2, 0) is 20.6 Å². The van der Waals surface area contributed by atoms with Crippen LogP contribution in [0.1, 0.15) is 11.1 Å². The van der Waals surface area contributed by atoms with E-state index >= 15 is 0 Å². The SMILES string of the molecule is Cn1c(NCc2ccc3c(c2)OCO3)c(C#N)c(=O)n(C)c1=O. The first-order chi connectivity index (χ1) is 11.0. The molecular formula is C15H14N4O4. The van der Waals surface area contributed by atoms with Crippen LogP contribution >= 0.6 is 0 Å². The van der Waals surface area contributed by atoms with Gasteiger partial charge in [0.05, 0.1) is 0 Å². The molecule has 0 fully saturated rings. The van der Waals surface area contributed by atoms with E-state index in [0.29, 0.717) is 18.0 Å². The largest absolute Gasteiger partial charge is 0.454 e. The second-order valence-electron chi connectivity index (χ2n) is 5.08. The van der Waals surface area contributed by atoms with Gasteiger partial charge >= 0.3 is 5.69 Å². The standard InChI is InChI=1S/C15H14N4O4/c1-18-13(10(6-16)14(20)19(2)15(18)21)17-7-9-3-4-11-12(5-9)23-8-22-11/h3-5,17H,7-8H2,1-2H3. The molecule has 1 aromatic carbocycles. The summed E-state index contributed by atoms with van der Waals surface area (Å²) >= 11 is 0. The van der Waals surface area contributed by atoms with Crippen LogP contribution in [0.5, 0.6) is 11.5 Å². The molecule has 0 saturated heterocycles. The fraction of sp³-hybridized carbons (Fsp3) is 0.267. The van der Waals surface area contributed by atoms with Gasteiger partial charge in [-0.25, -0.2) is 4.79 Å². The van der Waals surface area contributed by atoms with Crippen molar-refractivity contribution in [3.05, 3.63) is 50.2 Å². The molecule has 0 saturated carbocycles. The zero-order valence-corrected chi connectivity index (χ0v) is 12.6. The molecule has 23 heavy (non-hydrogen) atoms. The van der Waals surface area contributed by atoms with Gasteiger partial charge in [-0.15, -0.1) is 0 Å². The molecule has 3 rings (SSSR count). The minimum Gasteiger partial charge on any atom is -0.454 e. The second kappa shape index (κ2) is 5.53. The molecule has 1 aromatic heterocycles. The minimum atomic E-state index is -0.621. The normalized spacial score (nSPS) is 12.0. The Balaban J connectivity index is 1.94. The lowest BCUT2D eigenvalue weighted by molar-refractivity contribution is 0.174. The summed E-state index contributed by atoms with van der Waals surface area (Å²) in [5.74, 6) is 1.51. The van der Waals surface area contributed by atoms with Gasteiger partial charge in [0.2, 0.25) is 6.79 Å². The number of benzene rings is 1. The van der Waals surface area contributed by atoms with Crippen LogP contribution in [0.15, 0.2) is 27.8 Å². The van der Waals surface area contributed by atoms with Gasteiger partial charge in [0.15, 0.2) is 17.1 Å². The fourth-order valence-electron chi connectivity index (χ4n) is 2.39. The number of nitrogens with one attached hydrogen (secondary N) is 1. The predicted molar refractivity (Wildman–Crippen MR) is 81.5 cm³/mol. The van der Waals surface area contributed by atoms with E-state index in [4.69, 9.17) is 9.47 Å². The summed E-state index contributed by atoms with van der Waals surface area (Å²) < 4.78 is 12.7. The molecular weight excluding hydrogens is 300 g/mol. The van der Waals surface area contributed by atoms with Crippen molar-refractivity contribution in [3.63, 3.8) is 0 Å². The molecule has 118 valence electrons. The van der Waals surface area contributed by atoms with Crippen LogP contribution in [-0.4, -0.2) is 15.9 Å². The Labute approximate surface area is 131 Å². The predicted octanol–water partition coefficient (Wildman–Crippen LogP) is 0.296. The van der Waals surface area contributed by atoms with Crippen LogP contribution in [0.25, 0.3) is 0 Å². The molecule has 0 radical (unpaired) electrons. The van der Waals surface area contributed by atoms with Gasteiger partial charge in [0, 0.05) is 20.6 Å². The van der Waals surface area contributed by atoms with E-state index in [1.807, 2.05) is 12.1 Å². The molecule has 0 aliphatic carbocycles. The van der Waals surface area contributed by atoms with E-state index in [1.54, 1.807) is 12.1 Å². The molecule has 0 atom stereocenters. The third-order valence-corrected chi connectivity index (χ3v) is 3.67. The van der Waals surface area contributed by atoms with Gasteiger partial charge in [-0.3, -0.25) is 13.9 Å². The molecule has 8 heteroatoms. The molecule has 8 nitrogen and oxygen atoms in total. The van der Waals surface area contributed by atoms with Crippen LogP contribution in [0.3, 0.4) is 0 Å². The fourth-order valence-corrected chi connectivity index (χ4v) is 2.39. The number of hydrogen-bond donors (Lipinski definition) is 1. The molecule has 2 heterocycles. The number of rotatable bonds is 3. The topological polar surface area (TPSA) is 98.3 Å². The lowest BCUT2D eigenvalue weighted by atomic mass is 10.2. The van der Waals surface area contributed by atoms with Gasteiger partial charge in [-0.2, -0.15) is 5.26 Å². The highest BCUT2D eigenvalue weighted by Crippen LogP contribution is 2.32. The highest BCUT2D eigenvalue weighted by atomic mass is 16.7. The van der Waals surface area contributed by atoms with Crippen molar-refractivity contribution in [2.24, 2.45) is 14.1 Å². The Morgan fingerprint density at radius 2 is 1.96 bits per heavy atom. The number of fused-ring (bicyclic) bond motifs is 1. The van der Waals surface area contributed by atoms with E-state index < -0.39 is 11.2 Å². The van der Waals surface area contributed by atoms with Gasteiger partial charge in [-0.05, 0) is 17.7 Å². The first-order valence-electron chi connectivity index (χ1n) is 6.85. The second-order valence-corrected chi connectivity index (χ2v) is 5.08. The Bertz CT molecular complexity index is 936. The molecule has 0 bridgehead atoms. The molecule has 0 spiro atoms. The third kappa shape index (κ3) is 2.42. The summed E-state index contributed by atoms with van der Waals surface area (Å²) in [7, 11) is 2.84. The van der Waals surface area contributed by atoms with Crippen molar-refractivity contribution in [1.82, 2.24) is 9.13 Å². The average molecular weight is 314 g/mol. The summed E-state index contributed by atoms with van der Waals surface area (Å²) in [6.07, 6.45) is 0. The van der Waals surface area contributed by atoms with E-state index in [1.165, 1.54) is 18.7 Å². The number of nitrogens with zero attached hydrogens (tertiary/aromatic N) is 3. The summed E-state index contributed by atoms with van der Waals surface area (Å²) in [6, 6.07) is 7.28. The maximum Gasteiger partial charge on any atom is 0.332 e. The molecule has 0 amide bonds. The van der Waals surface area contributed by atoms with E-state index in [-0.39, 0.29) is 18.2 Å². The molecule has 1 aliphatic heterocycles. The maximum atomic E-state index is 12.0. The van der Waals surface area contributed by atoms with E-state index in [0.717, 1.165) is 10.1 Å². The zero-order valence-electron chi connectivity index (χ0n) is 12.6. The Morgan fingerprint density at radius 3 is 2.70 bits per heavy atom. The molecule has 2 aromatic rings. The number of aromatic nitrogens is 2. The van der Waals surface area contributed by atoms with E-state index in [9.17, 15) is 14.9 Å². The van der Waals surface area contributed by atoms with Crippen molar-refractivity contribution in [1.29, 1.82) is 5.26 Å². The van der Waals surface area contributed by atoms with Crippen molar-refractivity contribution in [3.8, 4) is 17.6 Å². The lowest BCUT2D eigenvalue weighted by Crippen LogP contribution is -2.39. The quantitative estimate of drug-likeness (QED) is 0.875. The van der Waals surface area contributed by atoms with Crippen LogP contribution in [0.4, 0.5) is 5.82 Å². The smallest absolute Gasteiger partial charge is 0.332 e. The molecule has 0 unspecified atom stereocenters. The van der Waals surface area contributed by atoms with Crippen molar-refractivity contribution in [2.45, 2.75) is 6.54 Å². The third-order valence-electron chi connectivity index (χ3n) is 3.67. The van der Waals surface area contributed by atoms with Crippen molar-refractivity contribution < 1.29 is 9.47 Å². The van der Waals surface area contributed by atoms with Crippen molar-refractivity contribution >= 4 is 5.82 Å². The lowest BCUT2D eigenvalue weighted by Gasteiger charge is -2.13. The van der Waals surface area contributed by atoms with Crippen molar-refractivity contribution in [2.75, 3.05) is 12.1 Å². The summed E-state index contributed by atoms with van der Waals surface area (Å²) in [5.41, 5.74) is -0.354. The first-order valence-corrected chi connectivity index (χ1v) is 6.85. The monoisotopic (exact) mass is 314 g/mol. The Kier molecular flexibility index (Phi) is 3.54. The number of nitriles is 1. The number of anilines is 1. The van der Waals surface area contributed by atoms with Gasteiger partial charge in [0.25, 0.3) is 5.56 Å². The molecule has 1 N–H and O–H groups in total. The van der Waals surface area contributed by atoms with Gasteiger partial charge in [0.1, 0.15) is 11.9 Å². The van der Waals surface area contributed by atoms with E-state index in [2.05, 4.69) is 5.32 Å². The summed E-state index contributed by atoms with van der Waals surface area (Å²) in [4.78, 5) is 24.0. The highest BCUT2D eigenvalue weighted by molar-refractivity contribution is 5.52. The van der Waals surface area contributed by atoms with Crippen LogP contribution in [0.2, 0.25) is 0 Å².